The fourth-order valence-corrected chi connectivity index (χ4v) is 2.52. The molecular weight excluding hydrogens is 278 g/mol. The van der Waals surface area contributed by atoms with Crippen molar-refractivity contribution in [3.05, 3.63) is 65.9 Å². The Morgan fingerprint density at radius 2 is 1.95 bits per heavy atom. The number of fused-ring (bicyclic) bond motifs is 1. The zero-order valence-electron chi connectivity index (χ0n) is 12.3. The largest absolute Gasteiger partial charge is 0.488 e. The van der Waals surface area contributed by atoms with Crippen LogP contribution in [0.1, 0.15) is 22.8 Å². The van der Waals surface area contributed by atoms with Gasteiger partial charge in [0.1, 0.15) is 12.4 Å². The van der Waals surface area contributed by atoms with Crippen LogP contribution in [0.2, 0.25) is 0 Å². The predicted molar refractivity (Wildman–Crippen MR) is 85.3 cm³/mol. The van der Waals surface area contributed by atoms with Crippen LogP contribution in [-0.2, 0) is 13.2 Å². The van der Waals surface area contributed by atoms with Gasteiger partial charge in [-0.2, -0.15) is 0 Å². The van der Waals surface area contributed by atoms with Gasteiger partial charge in [-0.05, 0) is 30.7 Å². The molecule has 0 radical (unpaired) electrons. The highest BCUT2D eigenvalue weighted by molar-refractivity contribution is 5.96. The number of carboxylic acids is 1. The summed E-state index contributed by atoms with van der Waals surface area (Å²) in [6.45, 7) is 3.22. The molecule has 3 rings (SSSR count). The van der Waals surface area contributed by atoms with E-state index in [0.717, 1.165) is 23.0 Å². The molecule has 0 aliphatic carbocycles. The number of carboxylic acid groups (broad SMARTS) is 1. The SMILES string of the molecule is CCn1ccc2c(OCc3ccccc3)cc(C(=O)O)cc21. The molecule has 0 saturated heterocycles. The molecule has 1 N–H and O–H groups in total. The van der Waals surface area contributed by atoms with E-state index in [1.54, 1.807) is 12.1 Å². The van der Waals surface area contributed by atoms with Gasteiger partial charge < -0.3 is 14.4 Å². The van der Waals surface area contributed by atoms with Crippen LogP contribution in [0.3, 0.4) is 0 Å². The molecule has 22 heavy (non-hydrogen) atoms. The number of hydrogen-bond acceptors (Lipinski definition) is 2. The van der Waals surface area contributed by atoms with Crippen LogP contribution in [0.4, 0.5) is 0 Å². The highest BCUT2D eigenvalue weighted by atomic mass is 16.5. The van der Waals surface area contributed by atoms with Crippen LogP contribution in [-0.4, -0.2) is 15.6 Å². The van der Waals surface area contributed by atoms with Gasteiger partial charge in [0, 0.05) is 18.1 Å². The van der Waals surface area contributed by atoms with Crippen LogP contribution < -0.4 is 4.74 Å². The van der Waals surface area contributed by atoms with Gasteiger partial charge in [-0.3, -0.25) is 0 Å². The molecule has 1 heterocycles. The first kappa shape index (κ1) is 14.2. The van der Waals surface area contributed by atoms with Crippen molar-refractivity contribution in [2.24, 2.45) is 0 Å². The molecule has 4 heteroatoms. The van der Waals surface area contributed by atoms with Crippen molar-refractivity contribution in [1.29, 1.82) is 0 Å². The number of nitrogens with zero attached hydrogens (tertiary/aromatic N) is 1. The Kier molecular flexibility index (Phi) is 3.83. The van der Waals surface area contributed by atoms with E-state index in [1.807, 2.05) is 54.1 Å². The molecule has 0 aliphatic heterocycles. The highest BCUT2D eigenvalue weighted by Crippen LogP contribution is 2.29. The van der Waals surface area contributed by atoms with Crippen molar-refractivity contribution in [2.75, 3.05) is 0 Å². The first-order valence-corrected chi connectivity index (χ1v) is 7.22. The van der Waals surface area contributed by atoms with Gasteiger partial charge >= 0.3 is 5.97 Å². The lowest BCUT2D eigenvalue weighted by Crippen LogP contribution is -2.01. The number of benzene rings is 2. The number of carbonyl (C=O) groups is 1. The number of rotatable bonds is 5. The Balaban J connectivity index is 2.00. The fraction of sp³-hybridized carbons (Fsp3) is 0.167. The highest BCUT2D eigenvalue weighted by Gasteiger charge is 2.13. The van der Waals surface area contributed by atoms with Crippen LogP contribution >= 0.6 is 0 Å². The Morgan fingerprint density at radius 1 is 1.18 bits per heavy atom. The molecular formula is C18H17NO3. The van der Waals surface area contributed by atoms with Gasteiger partial charge in [0.2, 0.25) is 0 Å². The summed E-state index contributed by atoms with van der Waals surface area (Å²) in [4.78, 5) is 11.3. The molecule has 0 spiro atoms. The first-order chi connectivity index (χ1) is 10.7. The van der Waals surface area contributed by atoms with Crippen molar-refractivity contribution >= 4 is 16.9 Å². The lowest BCUT2D eigenvalue weighted by Gasteiger charge is -2.10. The first-order valence-electron chi connectivity index (χ1n) is 7.22. The second kappa shape index (κ2) is 5.93. The molecule has 1 aromatic heterocycles. The van der Waals surface area contributed by atoms with Gasteiger partial charge in [0.15, 0.2) is 0 Å². The number of aromatic carboxylic acids is 1. The third-order valence-corrected chi connectivity index (χ3v) is 3.68. The van der Waals surface area contributed by atoms with Gasteiger partial charge in [0.25, 0.3) is 0 Å². The van der Waals surface area contributed by atoms with Crippen molar-refractivity contribution in [3.8, 4) is 5.75 Å². The quantitative estimate of drug-likeness (QED) is 0.775. The molecule has 4 nitrogen and oxygen atoms in total. The standard InChI is InChI=1S/C18H17NO3/c1-2-19-9-8-15-16(19)10-14(18(20)21)11-17(15)22-12-13-6-4-3-5-7-13/h3-11H,2,12H2,1H3,(H,20,21). The monoisotopic (exact) mass is 295 g/mol. The third kappa shape index (κ3) is 2.68. The molecule has 0 aliphatic rings. The zero-order valence-corrected chi connectivity index (χ0v) is 12.3. The minimum atomic E-state index is -0.949. The summed E-state index contributed by atoms with van der Waals surface area (Å²) < 4.78 is 7.89. The van der Waals surface area contributed by atoms with Crippen molar-refractivity contribution in [1.82, 2.24) is 4.57 Å². The maximum atomic E-state index is 11.3. The van der Waals surface area contributed by atoms with E-state index in [0.29, 0.717) is 12.4 Å². The normalized spacial score (nSPS) is 10.8. The van der Waals surface area contributed by atoms with E-state index in [-0.39, 0.29) is 5.56 Å². The Morgan fingerprint density at radius 3 is 2.64 bits per heavy atom. The third-order valence-electron chi connectivity index (χ3n) is 3.68. The summed E-state index contributed by atoms with van der Waals surface area (Å²) in [7, 11) is 0. The van der Waals surface area contributed by atoms with Gasteiger partial charge in [-0.25, -0.2) is 4.79 Å². The molecule has 0 atom stereocenters. The van der Waals surface area contributed by atoms with E-state index in [1.165, 1.54) is 0 Å². The number of aryl methyl sites for hydroxylation is 1. The molecule has 2 aromatic carbocycles. The topological polar surface area (TPSA) is 51.5 Å². The average molecular weight is 295 g/mol. The summed E-state index contributed by atoms with van der Waals surface area (Å²) in [6, 6.07) is 15.1. The smallest absolute Gasteiger partial charge is 0.335 e. The lowest BCUT2D eigenvalue weighted by molar-refractivity contribution is 0.0696. The maximum Gasteiger partial charge on any atom is 0.335 e. The summed E-state index contributed by atoms with van der Waals surface area (Å²) in [6.07, 6.45) is 1.95. The Hall–Kier alpha value is -2.75. The number of aromatic nitrogens is 1. The summed E-state index contributed by atoms with van der Waals surface area (Å²) in [5.41, 5.74) is 2.17. The second-order valence-corrected chi connectivity index (χ2v) is 5.09. The van der Waals surface area contributed by atoms with Crippen LogP contribution in [0, 0.1) is 0 Å². The van der Waals surface area contributed by atoms with Gasteiger partial charge in [-0.15, -0.1) is 0 Å². The molecule has 0 unspecified atom stereocenters. The van der Waals surface area contributed by atoms with Crippen LogP contribution in [0.5, 0.6) is 5.75 Å². The van der Waals surface area contributed by atoms with E-state index in [4.69, 9.17) is 4.74 Å². The van der Waals surface area contributed by atoms with E-state index in [2.05, 4.69) is 0 Å². The lowest BCUT2D eigenvalue weighted by atomic mass is 10.1. The molecule has 0 fully saturated rings. The van der Waals surface area contributed by atoms with E-state index < -0.39 is 5.97 Å². The molecule has 112 valence electrons. The van der Waals surface area contributed by atoms with Crippen LogP contribution in [0.25, 0.3) is 10.9 Å². The van der Waals surface area contributed by atoms with Gasteiger partial charge in [0.05, 0.1) is 11.1 Å². The number of ether oxygens (including phenoxy) is 1. The van der Waals surface area contributed by atoms with Gasteiger partial charge in [-0.1, -0.05) is 30.3 Å². The summed E-state index contributed by atoms with van der Waals surface area (Å²) in [5.74, 6) is -0.346. The minimum absolute atomic E-state index is 0.240. The maximum absolute atomic E-state index is 11.3. The average Bonchev–Trinajstić information content (AvgIpc) is 2.96. The van der Waals surface area contributed by atoms with Crippen LogP contribution in [0.15, 0.2) is 54.7 Å². The number of hydrogen-bond donors (Lipinski definition) is 1. The predicted octanol–water partition coefficient (Wildman–Crippen LogP) is 3.94. The zero-order chi connectivity index (χ0) is 15.5. The molecule has 0 saturated carbocycles. The molecule has 3 aromatic rings. The molecule has 0 bridgehead atoms. The van der Waals surface area contributed by atoms with E-state index in [9.17, 15) is 9.90 Å². The minimum Gasteiger partial charge on any atom is -0.488 e. The summed E-state index contributed by atoms with van der Waals surface area (Å²) >= 11 is 0. The summed E-state index contributed by atoms with van der Waals surface area (Å²) in [5, 5.41) is 10.2. The van der Waals surface area contributed by atoms with Crippen molar-refractivity contribution < 1.29 is 14.6 Å². The van der Waals surface area contributed by atoms with E-state index >= 15 is 0 Å². The Labute approximate surface area is 128 Å². The van der Waals surface area contributed by atoms with Crippen molar-refractivity contribution in [3.63, 3.8) is 0 Å². The fourth-order valence-electron chi connectivity index (χ4n) is 2.52. The Bertz CT molecular complexity index is 806. The second-order valence-electron chi connectivity index (χ2n) is 5.09. The van der Waals surface area contributed by atoms with Crippen molar-refractivity contribution in [2.45, 2.75) is 20.1 Å². The molecule has 0 amide bonds.